The van der Waals surface area contributed by atoms with E-state index in [1.165, 1.54) is 14.0 Å². The van der Waals surface area contributed by atoms with Gasteiger partial charge in [0.25, 0.3) is 0 Å². The number of carbonyl (C=O) groups excluding carboxylic acids is 2. The van der Waals surface area contributed by atoms with Crippen LogP contribution in [0.1, 0.15) is 30.9 Å². The Kier molecular flexibility index (Phi) is 4.44. The number of benzene rings is 1. The quantitative estimate of drug-likeness (QED) is 0.593. The summed E-state index contributed by atoms with van der Waals surface area (Å²) < 4.78 is 4.70. The molecule has 0 amide bonds. The van der Waals surface area contributed by atoms with Crippen molar-refractivity contribution in [1.82, 2.24) is 0 Å². The molecule has 0 fully saturated rings. The van der Waals surface area contributed by atoms with Gasteiger partial charge in [-0.25, -0.2) is 0 Å². The van der Waals surface area contributed by atoms with E-state index in [9.17, 15) is 9.59 Å². The number of hydrogen-bond donors (Lipinski definition) is 0. The van der Waals surface area contributed by atoms with Crippen LogP contribution < -0.4 is 0 Å². The maximum atomic E-state index is 11.6. The predicted octanol–water partition coefficient (Wildman–Crippen LogP) is 2.48. The Bertz CT molecular complexity index is 423. The number of ketones is 1. The zero-order valence-electron chi connectivity index (χ0n) is 10.7. The Morgan fingerprint density at radius 3 is 2.29 bits per heavy atom. The number of ether oxygens (including phenoxy) is 1. The van der Waals surface area contributed by atoms with Crippen molar-refractivity contribution in [3.63, 3.8) is 0 Å². The van der Waals surface area contributed by atoms with Gasteiger partial charge in [-0.15, -0.1) is 0 Å². The standard InChI is InChI=1S/C14H18O3/c1-9-7-5-6-8-12(9)10(2)13(11(3)15)14(16)17-4/h5-8,10,13H,1-4H3. The molecule has 3 nitrogen and oxygen atoms in total. The predicted molar refractivity (Wildman–Crippen MR) is 65.8 cm³/mol. The second kappa shape index (κ2) is 5.62. The van der Waals surface area contributed by atoms with E-state index in [0.29, 0.717) is 0 Å². The number of carbonyl (C=O) groups is 2. The number of esters is 1. The van der Waals surface area contributed by atoms with Crippen molar-refractivity contribution in [3.05, 3.63) is 35.4 Å². The summed E-state index contributed by atoms with van der Waals surface area (Å²) in [6.45, 7) is 5.28. The highest BCUT2D eigenvalue weighted by Crippen LogP contribution is 2.28. The van der Waals surface area contributed by atoms with Crippen LogP contribution in [0.5, 0.6) is 0 Å². The largest absolute Gasteiger partial charge is 0.468 e. The smallest absolute Gasteiger partial charge is 0.316 e. The van der Waals surface area contributed by atoms with Gasteiger partial charge in [0.05, 0.1) is 7.11 Å². The van der Waals surface area contributed by atoms with Crippen LogP contribution >= 0.6 is 0 Å². The monoisotopic (exact) mass is 234 g/mol. The third-order valence-corrected chi connectivity index (χ3v) is 3.07. The van der Waals surface area contributed by atoms with Crippen molar-refractivity contribution >= 4 is 11.8 Å². The minimum absolute atomic E-state index is 0.160. The normalized spacial score (nSPS) is 13.9. The summed E-state index contributed by atoms with van der Waals surface area (Å²) in [4.78, 5) is 23.2. The lowest BCUT2D eigenvalue weighted by molar-refractivity contribution is -0.149. The van der Waals surface area contributed by atoms with Gasteiger partial charge in [0.15, 0.2) is 0 Å². The Morgan fingerprint density at radius 1 is 1.24 bits per heavy atom. The van der Waals surface area contributed by atoms with Crippen LogP contribution in [-0.4, -0.2) is 18.9 Å². The number of hydrogen-bond acceptors (Lipinski definition) is 3. The van der Waals surface area contributed by atoms with Crippen molar-refractivity contribution in [2.45, 2.75) is 26.7 Å². The average Bonchev–Trinajstić information content (AvgIpc) is 2.28. The molecule has 1 aromatic carbocycles. The lowest BCUT2D eigenvalue weighted by Crippen LogP contribution is -2.28. The van der Waals surface area contributed by atoms with E-state index in [0.717, 1.165) is 11.1 Å². The number of methoxy groups -OCH3 is 1. The topological polar surface area (TPSA) is 43.4 Å². The molecule has 3 heteroatoms. The van der Waals surface area contributed by atoms with E-state index >= 15 is 0 Å². The zero-order chi connectivity index (χ0) is 13.0. The van der Waals surface area contributed by atoms with Crippen molar-refractivity contribution in [3.8, 4) is 0 Å². The first-order valence-electron chi connectivity index (χ1n) is 5.62. The maximum absolute atomic E-state index is 11.6. The van der Waals surface area contributed by atoms with Gasteiger partial charge in [-0.05, 0) is 25.0 Å². The van der Waals surface area contributed by atoms with Crippen molar-refractivity contribution in [2.75, 3.05) is 7.11 Å². The molecule has 0 saturated carbocycles. The molecule has 0 N–H and O–H groups in total. The van der Waals surface area contributed by atoms with Gasteiger partial charge in [-0.3, -0.25) is 9.59 Å². The zero-order valence-corrected chi connectivity index (χ0v) is 10.7. The van der Waals surface area contributed by atoms with E-state index in [2.05, 4.69) is 0 Å². The van der Waals surface area contributed by atoms with E-state index in [-0.39, 0.29) is 11.7 Å². The fourth-order valence-electron chi connectivity index (χ4n) is 2.13. The Labute approximate surface area is 102 Å². The highest BCUT2D eigenvalue weighted by molar-refractivity contribution is 5.98. The van der Waals surface area contributed by atoms with E-state index in [4.69, 9.17) is 4.74 Å². The van der Waals surface area contributed by atoms with Gasteiger partial charge in [0.1, 0.15) is 11.7 Å². The average molecular weight is 234 g/mol. The summed E-state index contributed by atoms with van der Waals surface area (Å²) >= 11 is 0. The van der Waals surface area contributed by atoms with Crippen LogP contribution in [0.15, 0.2) is 24.3 Å². The molecule has 2 unspecified atom stereocenters. The minimum Gasteiger partial charge on any atom is -0.468 e. The van der Waals surface area contributed by atoms with Crippen LogP contribution in [-0.2, 0) is 14.3 Å². The lowest BCUT2D eigenvalue weighted by Gasteiger charge is -2.21. The third kappa shape index (κ3) is 2.93. The molecule has 92 valence electrons. The molecule has 0 saturated heterocycles. The van der Waals surface area contributed by atoms with Crippen molar-refractivity contribution < 1.29 is 14.3 Å². The molecule has 0 bridgehead atoms. The summed E-state index contributed by atoms with van der Waals surface area (Å²) in [6.07, 6.45) is 0. The first-order chi connectivity index (χ1) is 7.99. The third-order valence-electron chi connectivity index (χ3n) is 3.07. The molecule has 1 rings (SSSR count). The van der Waals surface area contributed by atoms with E-state index in [1.54, 1.807) is 0 Å². The second-order valence-corrected chi connectivity index (χ2v) is 4.26. The SMILES string of the molecule is COC(=O)C(C(C)=O)C(C)c1ccccc1C. The molecule has 0 spiro atoms. The van der Waals surface area contributed by atoms with Gasteiger partial charge >= 0.3 is 5.97 Å². The molecule has 2 atom stereocenters. The van der Waals surface area contributed by atoms with Gasteiger partial charge in [0.2, 0.25) is 0 Å². The molecular weight excluding hydrogens is 216 g/mol. The van der Waals surface area contributed by atoms with Crippen LogP contribution in [0.4, 0.5) is 0 Å². The Hall–Kier alpha value is -1.64. The van der Waals surface area contributed by atoms with Crippen LogP contribution in [0.2, 0.25) is 0 Å². The first kappa shape index (κ1) is 13.4. The number of aryl methyl sites for hydroxylation is 1. The van der Waals surface area contributed by atoms with Gasteiger partial charge < -0.3 is 4.74 Å². The second-order valence-electron chi connectivity index (χ2n) is 4.26. The Morgan fingerprint density at radius 2 is 1.82 bits per heavy atom. The van der Waals surface area contributed by atoms with Gasteiger partial charge in [-0.1, -0.05) is 31.2 Å². The van der Waals surface area contributed by atoms with Gasteiger partial charge in [0, 0.05) is 5.92 Å². The fourth-order valence-corrected chi connectivity index (χ4v) is 2.13. The van der Waals surface area contributed by atoms with Crippen LogP contribution in [0, 0.1) is 12.8 Å². The summed E-state index contributed by atoms with van der Waals surface area (Å²) in [5, 5.41) is 0. The molecule has 0 radical (unpaired) electrons. The number of rotatable bonds is 4. The first-order valence-corrected chi connectivity index (χ1v) is 5.62. The highest BCUT2D eigenvalue weighted by atomic mass is 16.5. The lowest BCUT2D eigenvalue weighted by atomic mass is 9.83. The van der Waals surface area contributed by atoms with Crippen LogP contribution in [0.3, 0.4) is 0 Å². The molecule has 1 aromatic rings. The molecule has 0 aliphatic rings. The van der Waals surface area contributed by atoms with E-state index in [1.807, 2.05) is 38.1 Å². The summed E-state index contributed by atoms with van der Waals surface area (Å²) in [5.74, 6) is -1.51. The molecular formula is C14H18O3. The molecule has 0 heterocycles. The minimum atomic E-state index is -0.721. The molecule has 0 aliphatic heterocycles. The molecule has 0 aromatic heterocycles. The fraction of sp³-hybridized carbons (Fsp3) is 0.429. The Balaban J connectivity index is 3.09. The summed E-state index contributed by atoms with van der Waals surface area (Å²) in [7, 11) is 1.31. The van der Waals surface area contributed by atoms with Gasteiger partial charge in [-0.2, -0.15) is 0 Å². The molecule has 17 heavy (non-hydrogen) atoms. The van der Waals surface area contributed by atoms with Crippen molar-refractivity contribution in [1.29, 1.82) is 0 Å². The molecule has 0 aliphatic carbocycles. The van der Waals surface area contributed by atoms with Crippen molar-refractivity contribution in [2.24, 2.45) is 5.92 Å². The number of Topliss-reactive ketones (excluding diaryl/α,β-unsaturated/α-hetero) is 1. The summed E-state index contributed by atoms with van der Waals surface area (Å²) in [6, 6.07) is 7.76. The highest BCUT2D eigenvalue weighted by Gasteiger charge is 2.31. The van der Waals surface area contributed by atoms with E-state index < -0.39 is 11.9 Å². The maximum Gasteiger partial charge on any atom is 0.316 e. The van der Waals surface area contributed by atoms with Crippen LogP contribution in [0.25, 0.3) is 0 Å². The summed E-state index contributed by atoms with van der Waals surface area (Å²) in [5.41, 5.74) is 2.09.